The minimum absolute atomic E-state index is 0.00407. The second kappa shape index (κ2) is 12.4. The molecule has 1 aromatic carbocycles. The molecule has 9 heteroatoms. The summed E-state index contributed by atoms with van der Waals surface area (Å²) >= 11 is 2.17. The standard InChI is InChI=1S/C20H29IN4O4/c1-12(2)18(24-13(3)26)17(27)11-14(5-4-10-23-20(22)29)19(28)25-16-8-6-15(21)7-9-16/h6-9,12,14,18H,4-5,10-11H2,1-3H3,(H,24,26)(H,25,28)(H3,22,23,29)/t14-,18?/m1/s1. The van der Waals surface area contributed by atoms with E-state index in [9.17, 15) is 19.2 Å². The van der Waals surface area contributed by atoms with Crippen LogP contribution in [-0.4, -0.2) is 36.2 Å². The maximum Gasteiger partial charge on any atom is 0.312 e. The molecular weight excluding hydrogens is 487 g/mol. The molecule has 5 N–H and O–H groups in total. The first-order chi connectivity index (χ1) is 13.6. The Bertz CT molecular complexity index is 722. The molecule has 8 nitrogen and oxygen atoms in total. The highest BCUT2D eigenvalue weighted by Gasteiger charge is 2.28. The number of ketones is 1. The number of Topliss-reactive ketones (excluding diaryl/α,β-unsaturated/α-hetero) is 1. The number of halogens is 1. The van der Waals surface area contributed by atoms with Gasteiger partial charge in [0.15, 0.2) is 5.78 Å². The van der Waals surface area contributed by atoms with E-state index in [0.29, 0.717) is 25.1 Å². The van der Waals surface area contributed by atoms with E-state index in [1.165, 1.54) is 6.92 Å². The molecule has 0 aliphatic rings. The van der Waals surface area contributed by atoms with Crippen molar-refractivity contribution in [2.45, 2.75) is 46.1 Å². The van der Waals surface area contributed by atoms with E-state index < -0.39 is 18.0 Å². The molecule has 0 spiro atoms. The van der Waals surface area contributed by atoms with Crippen LogP contribution in [0.1, 0.15) is 40.0 Å². The zero-order chi connectivity index (χ0) is 22.0. The Kier molecular flexibility index (Phi) is 10.6. The Morgan fingerprint density at radius 2 is 1.72 bits per heavy atom. The SMILES string of the molecule is CC(=O)NC(C(=O)C[C@@H](CCCNC(N)=O)C(=O)Nc1ccc(I)cc1)C(C)C. The van der Waals surface area contributed by atoms with Gasteiger partial charge in [-0.1, -0.05) is 13.8 Å². The van der Waals surface area contributed by atoms with Crippen LogP contribution in [0.15, 0.2) is 24.3 Å². The molecule has 0 saturated carbocycles. The summed E-state index contributed by atoms with van der Waals surface area (Å²) in [5.41, 5.74) is 5.70. The summed E-state index contributed by atoms with van der Waals surface area (Å²) in [6.07, 6.45) is 0.885. The smallest absolute Gasteiger partial charge is 0.312 e. The molecule has 0 radical (unpaired) electrons. The Hall–Kier alpha value is -2.17. The Morgan fingerprint density at radius 3 is 2.24 bits per heavy atom. The number of carbonyl (C=O) groups is 4. The number of nitrogens with one attached hydrogen (secondary N) is 3. The highest BCUT2D eigenvalue weighted by Crippen LogP contribution is 2.19. The molecule has 0 heterocycles. The molecular formula is C20H29IN4O4. The lowest BCUT2D eigenvalue weighted by Gasteiger charge is -2.23. The summed E-state index contributed by atoms with van der Waals surface area (Å²) in [7, 11) is 0. The van der Waals surface area contributed by atoms with E-state index in [-0.39, 0.29) is 29.9 Å². The Labute approximate surface area is 184 Å². The van der Waals surface area contributed by atoms with Crippen LogP contribution in [0.5, 0.6) is 0 Å². The van der Waals surface area contributed by atoms with Crippen LogP contribution in [-0.2, 0) is 14.4 Å². The van der Waals surface area contributed by atoms with E-state index in [2.05, 4.69) is 38.5 Å². The van der Waals surface area contributed by atoms with Crippen LogP contribution in [0.4, 0.5) is 10.5 Å². The first-order valence-electron chi connectivity index (χ1n) is 9.49. The van der Waals surface area contributed by atoms with Gasteiger partial charge in [0.05, 0.1) is 6.04 Å². The van der Waals surface area contributed by atoms with E-state index in [1.807, 2.05) is 26.0 Å². The molecule has 0 saturated heterocycles. The van der Waals surface area contributed by atoms with E-state index >= 15 is 0 Å². The monoisotopic (exact) mass is 516 g/mol. The third kappa shape index (κ3) is 9.73. The van der Waals surface area contributed by atoms with Crippen LogP contribution in [0.25, 0.3) is 0 Å². The number of amides is 4. The number of carbonyl (C=O) groups excluding carboxylic acids is 4. The molecule has 0 bridgehead atoms. The summed E-state index contributed by atoms with van der Waals surface area (Å²) < 4.78 is 1.04. The van der Waals surface area contributed by atoms with Gasteiger partial charge in [-0.2, -0.15) is 0 Å². The van der Waals surface area contributed by atoms with Crippen molar-refractivity contribution in [1.29, 1.82) is 0 Å². The van der Waals surface area contributed by atoms with Crippen LogP contribution in [0, 0.1) is 15.4 Å². The minimum atomic E-state index is -0.648. The lowest BCUT2D eigenvalue weighted by atomic mass is 9.89. The van der Waals surface area contributed by atoms with E-state index in [4.69, 9.17) is 5.73 Å². The van der Waals surface area contributed by atoms with Gasteiger partial charge in [-0.15, -0.1) is 0 Å². The molecule has 29 heavy (non-hydrogen) atoms. The maximum absolute atomic E-state index is 12.8. The third-order valence-electron chi connectivity index (χ3n) is 4.33. The number of benzene rings is 1. The summed E-state index contributed by atoms with van der Waals surface area (Å²) in [6, 6.07) is 6.05. The van der Waals surface area contributed by atoms with Crippen molar-refractivity contribution in [3.05, 3.63) is 27.8 Å². The fourth-order valence-electron chi connectivity index (χ4n) is 2.87. The van der Waals surface area contributed by atoms with Gasteiger partial charge in [0.25, 0.3) is 0 Å². The molecule has 1 unspecified atom stereocenters. The van der Waals surface area contributed by atoms with E-state index in [1.54, 1.807) is 12.1 Å². The normalized spacial score (nSPS) is 12.7. The van der Waals surface area contributed by atoms with Crippen molar-refractivity contribution in [1.82, 2.24) is 10.6 Å². The number of primary amides is 1. The number of anilines is 1. The first kappa shape index (κ1) is 24.9. The van der Waals surface area contributed by atoms with Gasteiger partial charge < -0.3 is 21.7 Å². The second-order valence-electron chi connectivity index (χ2n) is 7.22. The van der Waals surface area contributed by atoms with Crippen molar-refractivity contribution in [2.24, 2.45) is 17.6 Å². The molecule has 2 atom stereocenters. The van der Waals surface area contributed by atoms with Crippen molar-refractivity contribution in [3.8, 4) is 0 Å². The van der Waals surface area contributed by atoms with Gasteiger partial charge in [-0.25, -0.2) is 4.79 Å². The molecule has 0 aromatic heterocycles. The van der Waals surface area contributed by atoms with Crippen molar-refractivity contribution < 1.29 is 19.2 Å². The number of nitrogens with two attached hydrogens (primary N) is 1. The fraction of sp³-hybridized carbons (Fsp3) is 0.500. The lowest BCUT2D eigenvalue weighted by Crippen LogP contribution is -2.44. The molecule has 1 aromatic rings. The quantitative estimate of drug-likeness (QED) is 0.266. The maximum atomic E-state index is 12.8. The van der Waals surface area contributed by atoms with Crippen LogP contribution >= 0.6 is 22.6 Å². The molecule has 1 rings (SSSR count). The van der Waals surface area contributed by atoms with Crippen LogP contribution in [0.2, 0.25) is 0 Å². The average Bonchev–Trinajstić information content (AvgIpc) is 2.63. The first-order valence-corrected chi connectivity index (χ1v) is 10.6. The fourth-order valence-corrected chi connectivity index (χ4v) is 3.23. The highest BCUT2D eigenvalue weighted by molar-refractivity contribution is 14.1. The predicted molar refractivity (Wildman–Crippen MR) is 120 cm³/mol. The van der Waals surface area contributed by atoms with Gasteiger partial charge in [0, 0.05) is 35.1 Å². The number of urea groups is 1. The van der Waals surface area contributed by atoms with Crippen molar-refractivity contribution in [3.63, 3.8) is 0 Å². The predicted octanol–water partition coefficient (Wildman–Crippen LogP) is 2.41. The highest BCUT2D eigenvalue weighted by atomic mass is 127. The van der Waals surface area contributed by atoms with Gasteiger partial charge in [-0.3, -0.25) is 14.4 Å². The summed E-state index contributed by atoms with van der Waals surface area (Å²) in [5, 5.41) is 7.99. The van der Waals surface area contributed by atoms with Gasteiger partial charge >= 0.3 is 6.03 Å². The van der Waals surface area contributed by atoms with Crippen molar-refractivity contribution >= 4 is 51.9 Å². The summed E-state index contributed by atoms with van der Waals surface area (Å²) in [6.45, 7) is 5.36. The van der Waals surface area contributed by atoms with Crippen LogP contribution in [0.3, 0.4) is 0 Å². The van der Waals surface area contributed by atoms with Crippen molar-refractivity contribution in [2.75, 3.05) is 11.9 Å². The Morgan fingerprint density at radius 1 is 1.10 bits per heavy atom. The van der Waals surface area contributed by atoms with Crippen LogP contribution < -0.4 is 21.7 Å². The van der Waals surface area contributed by atoms with Gasteiger partial charge in [-0.05, 0) is 65.6 Å². The zero-order valence-corrected chi connectivity index (χ0v) is 19.1. The molecule has 160 valence electrons. The second-order valence-corrected chi connectivity index (χ2v) is 8.46. The molecule has 0 aliphatic heterocycles. The summed E-state index contributed by atoms with van der Waals surface area (Å²) in [4.78, 5) is 47.9. The largest absolute Gasteiger partial charge is 0.352 e. The van der Waals surface area contributed by atoms with E-state index in [0.717, 1.165) is 3.57 Å². The molecule has 4 amide bonds. The Balaban J connectivity index is 2.85. The summed E-state index contributed by atoms with van der Waals surface area (Å²) in [5.74, 6) is -1.44. The average molecular weight is 516 g/mol. The number of hydrogen-bond acceptors (Lipinski definition) is 4. The number of hydrogen-bond donors (Lipinski definition) is 4. The van der Waals surface area contributed by atoms with Gasteiger partial charge in [0.2, 0.25) is 11.8 Å². The zero-order valence-electron chi connectivity index (χ0n) is 17.0. The lowest BCUT2D eigenvalue weighted by molar-refractivity contribution is -0.130. The number of rotatable bonds is 11. The minimum Gasteiger partial charge on any atom is -0.352 e. The molecule has 0 fully saturated rings. The van der Waals surface area contributed by atoms with Gasteiger partial charge in [0.1, 0.15) is 0 Å². The third-order valence-corrected chi connectivity index (χ3v) is 5.05. The molecule has 0 aliphatic carbocycles. The topological polar surface area (TPSA) is 130 Å².